The van der Waals surface area contributed by atoms with Crippen molar-refractivity contribution in [1.82, 2.24) is 0 Å². The Kier molecular flexibility index (Phi) is 0.940. The molecule has 0 bridgehead atoms. The second-order valence-corrected chi connectivity index (χ2v) is 4.49. The summed E-state index contributed by atoms with van der Waals surface area (Å²) in [5.41, 5.74) is -0.275. The van der Waals surface area contributed by atoms with E-state index in [1.807, 2.05) is 0 Å². The van der Waals surface area contributed by atoms with E-state index >= 15 is 0 Å². The van der Waals surface area contributed by atoms with E-state index < -0.39 is 24.2 Å². The number of hydrogen-bond acceptors (Lipinski definition) is 1. The van der Waals surface area contributed by atoms with Gasteiger partial charge in [-0.2, -0.15) is 0 Å². The van der Waals surface area contributed by atoms with Crippen LogP contribution in [0.4, 0.5) is 0 Å². The Balaban J connectivity index is 2.44. The van der Waals surface area contributed by atoms with Gasteiger partial charge in [0.1, 0.15) is 11.2 Å². The molecule has 2 heteroatoms. The average molecular weight is 306 g/mol. The summed E-state index contributed by atoms with van der Waals surface area (Å²) in [5.74, 6) is 0. The van der Waals surface area contributed by atoms with Crippen molar-refractivity contribution in [2.24, 2.45) is 0 Å². The fourth-order valence-electron chi connectivity index (χ4n) is 1.84. The predicted molar refractivity (Wildman–Crippen MR) is 78.9 cm³/mol. The number of rotatable bonds is 0. The van der Waals surface area contributed by atoms with Crippen LogP contribution in [0.15, 0.2) is 63.3 Å². The molecule has 1 heterocycles. The number of furan rings is 1. The van der Waals surface area contributed by atoms with Crippen LogP contribution in [0.2, 0.25) is 0 Å². The third-order valence-electron chi connectivity index (χ3n) is 2.60. The Hall–Kier alpha value is -1.80. The van der Waals surface area contributed by atoms with Gasteiger partial charge in [-0.15, -0.1) is 0 Å². The van der Waals surface area contributed by atoms with E-state index in [2.05, 4.69) is 15.9 Å². The first-order valence-corrected chi connectivity index (χ1v) is 5.89. The molecule has 0 atom stereocenters. The molecular formula is C16H9BrO. The van der Waals surface area contributed by atoms with Crippen LogP contribution < -0.4 is 0 Å². The highest BCUT2D eigenvalue weighted by Gasteiger charge is 2.08. The summed E-state index contributed by atoms with van der Waals surface area (Å²) in [7, 11) is 0. The van der Waals surface area contributed by atoms with Crippen molar-refractivity contribution in [1.29, 1.82) is 0 Å². The molecule has 0 saturated heterocycles. The van der Waals surface area contributed by atoms with Crippen LogP contribution in [-0.2, 0) is 0 Å². The van der Waals surface area contributed by atoms with Gasteiger partial charge in [0.05, 0.1) is 12.3 Å². The van der Waals surface area contributed by atoms with Crippen molar-refractivity contribution < 1.29 is 16.8 Å². The monoisotopic (exact) mass is 305 g/mol. The molecule has 0 N–H and O–H groups in total. The summed E-state index contributed by atoms with van der Waals surface area (Å²) in [6, 6.07) is -3.35. The summed E-state index contributed by atoms with van der Waals surface area (Å²) in [5, 5.41) is -0.212. The highest BCUT2D eigenvalue weighted by atomic mass is 79.9. The Morgan fingerprint density at radius 2 is 1.56 bits per heavy atom. The van der Waals surface area contributed by atoms with Crippen LogP contribution in [-0.4, -0.2) is 0 Å². The fourth-order valence-corrected chi connectivity index (χ4v) is 2.13. The van der Waals surface area contributed by atoms with Gasteiger partial charge < -0.3 is 4.42 Å². The lowest BCUT2D eigenvalue weighted by molar-refractivity contribution is 0.669. The molecule has 0 fully saturated rings. The Morgan fingerprint density at radius 3 is 2.39 bits per heavy atom. The standard InChI is InChI=1S/C16H9BrO/c17-12-5-6-15-14(9-12)13-7-10-3-1-2-4-11(10)8-16(13)18-15/h1-9H/i1D,2D,3D,4D,5D,6D,7D,8D,9D. The van der Waals surface area contributed by atoms with E-state index in [1.165, 1.54) is 0 Å². The highest BCUT2D eigenvalue weighted by molar-refractivity contribution is 9.10. The van der Waals surface area contributed by atoms with Gasteiger partial charge in [0.2, 0.25) is 0 Å². The van der Waals surface area contributed by atoms with Gasteiger partial charge in [-0.1, -0.05) is 40.1 Å². The van der Waals surface area contributed by atoms with Crippen molar-refractivity contribution >= 4 is 48.6 Å². The number of halogens is 1. The number of fused-ring (bicyclic) bond motifs is 4. The molecule has 3 aromatic carbocycles. The topological polar surface area (TPSA) is 13.1 Å². The molecule has 4 rings (SSSR count). The van der Waals surface area contributed by atoms with Crippen molar-refractivity contribution in [3.05, 3.63) is 58.9 Å². The molecule has 0 radical (unpaired) electrons. The first-order chi connectivity index (χ1) is 12.6. The second-order valence-electron chi connectivity index (χ2n) is 3.70. The minimum absolute atomic E-state index is 0.0201. The molecule has 0 unspecified atom stereocenters. The quantitative estimate of drug-likeness (QED) is 0.418. The summed E-state index contributed by atoms with van der Waals surface area (Å²) in [6.45, 7) is 0. The maximum absolute atomic E-state index is 8.53. The summed E-state index contributed by atoms with van der Waals surface area (Å²) in [6.07, 6.45) is 0. The third-order valence-corrected chi connectivity index (χ3v) is 3.00. The van der Waals surface area contributed by atoms with Gasteiger partial charge in [0, 0.05) is 15.2 Å². The van der Waals surface area contributed by atoms with Crippen LogP contribution in [0, 0.1) is 0 Å². The zero-order chi connectivity index (χ0) is 19.9. The van der Waals surface area contributed by atoms with Gasteiger partial charge in [-0.05, 0) is 41.0 Å². The lowest BCUT2D eigenvalue weighted by atomic mass is 10.1. The zero-order valence-electron chi connectivity index (χ0n) is 17.8. The van der Waals surface area contributed by atoms with Gasteiger partial charge in [0.15, 0.2) is 0 Å². The van der Waals surface area contributed by atoms with Gasteiger partial charge in [-0.3, -0.25) is 0 Å². The van der Waals surface area contributed by atoms with E-state index in [0.717, 1.165) is 0 Å². The van der Waals surface area contributed by atoms with Crippen molar-refractivity contribution in [2.75, 3.05) is 0 Å². The van der Waals surface area contributed by atoms with Gasteiger partial charge in [0.25, 0.3) is 0 Å². The zero-order valence-corrected chi connectivity index (χ0v) is 10.4. The van der Waals surface area contributed by atoms with Gasteiger partial charge >= 0.3 is 0 Å². The number of benzene rings is 3. The van der Waals surface area contributed by atoms with Gasteiger partial charge in [-0.25, -0.2) is 0 Å². The lowest BCUT2D eigenvalue weighted by Crippen LogP contribution is -1.72. The molecule has 0 amide bonds. The normalized spacial score (nSPS) is 18.6. The fraction of sp³-hybridized carbons (Fsp3) is 0. The Morgan fingerprint density at radius 1 is 0.833 bits per heavy atom. The maximum atomic E-state index is 8.53. The molecule has 86 valence electrons. The largest absolute Gasteiger partial charge is 0.456 e. The number of hydrogen-bond donors (Lipinski definition) is 0. The van der Waals surface area contributed by atoms with E-state index in [1.54, 1.807) is 0 Å². The van der Waals surface area contributed by atoms with E-state index in [0.29, 0.717) is 0 Å². The second kappa shape index (κ2) is 3.59. The van der Waals surface area contributed by atoms with E-state index in [9.17, 15) is 0 Å². The van der Waals surface area contributed by atoms with Crippen LogP contribution in [0.5, 0.6) is 0 Å². The molecule has 0 saturated carbocycles. The maximum Gasteiger partial charge on any atom is 0.136 e. The molecule has 0 aliphatic carbocycles. The van der Waals surface area contributed by atoms with E-state index in [4.69, 9.17) is 16.8 Å². The minimum atomic E-state index is -0.519. The van der Waals surface area contributed by atoms with Crippen LogP contribution >= 0.6 is 15.9 Å². The highest BCUT2D eigenvalue weighted by Crippen LogP contribution is 2.33. The molecule has 1 nitrogen and oxygen atoms in total. The SMILES string of the molecule is [2H]c1c(Br)c([2H])c2c(oc3c([2H])c4c([2H])c([2H])c([2H])c([2H])c4c([2H])c32)c1[2H]. The van der Waals surface area contributed by atoms with Crippen molar-refractivity contribution in [3.63, 3.8) is 0 Å². The smallest absolute Gasteiger partial charge is 0.136 e. The molecule has 0 aliphatic rings. The Bertz CT molecular complexity index is 1330. The van der Waals surface area contributed by atoms with Crippen LogP contribution in [0.1, 0.15) is 12.3 Å². The van der Waals surface area contributed by atoms with Crippen molar-refractivity contribution in [3.8, 4) is 0 Å². The van der Waals surface area contributed by atoms with Crippen LogP contribution in [0.3, 0.4) is 0 Å². The lowest BCUT2D eigenvalue weighted by Gasteiger charge is -1.96. The van der Waals surface area contributed by atoms with E-state index in [-0.39, 0.29) is 67.4 Å². The first kappa shape index (κ1) is 4.71. The predicted octanol–water partition coefficient (Wildman–Crippen LogP) is 5.50. The molecular weight excluding hydrogens is 288 g/mol. The minimum Gasteiger partial charge on any atom is -0.456 e. The molecule has 0 aliphatic heterocycles. The first-order valence-electron chi connectivity index (χ1n) is 9.60. The van der Waals surface area contributed by atoms with Crippen molar-refractivity contribution in [2.45, 2.75) is 0 Å². The average Bonchev–Trinajstić information content (AvgIpc) is 3.05. The molecule has 1 aromatic heterocycles. The summed E-state index contributed by atoms with van der Waals surface area (Å²) < 4.78 is 78.7. The summed E-state index contributed by atoms with van der Waals surface area (Å²) in [4.78, 5) is 0. The Labute approximate surface area is 125 Å². The molecule has 18 heavy (non-hydrogen) atoms. The van der Waals surface area contributed by atoms with Crippen LogP contribution in [0.25, 0.3) is 32.7 Å². The summed E-state index contributed by atoms with van der Waals surface area (Å²) >= 11 is 3.09. The molecule has 0 spiro atoms. The third kappa shape index (κ3) is 1.39. The molecule has 4 aromatic rings.